The van der Waals surface area contributed by atoms with Gasteiger partial charge < -0.3 is 5.32 Å². The molecule has 1 aromatic rings. The molecule has 0 saturated carbocycles. The van der Waals surface area contributed by atoms with E-state index in [9.17, 15) is 4.39 Å². The number of anilines is 1. The molecule has 1 aromatic carbocycles. The molecule has 0 aromatic heterocycles. The highest BCUT2D eigenvalue weighted by Crippen LogP contribution is 2.25. The lowest BCUT2D eigenvalue weighted by Gasteiger charge is -2.08. The van der Waals surface area contributed by atoms with Gasteiger partial charge in [-0.3, -0.25) is 0 Å². The molecule has 13 heavy (non-hydrogen) atoms. The Balaban J connectivity index is 2.35. The third-order valence-electron chi connectivity index (χ3n) is 2.65. The van der Waals surface area contributed by atoms with E-state index in [-0.39, 0.29) is 5.82 Å². The maximum atomic E-state index is 13.3. The first-order chi connectivity index (χ1) is 6.27. The van der Waals surface area contributed by atoms with Gasteiger partial charge in [-0.05, 0) is 30.9 Å². The molecular formula is C11H14FN. The molecule has 1 heterocycles. The molecule has 0 saturated heterocycles. The molecule has 70 valence electrons. The van der Waals surface area contributed by atoms with Crippen molar-refractivity contribution in [2.45, 2.75) is 19.8 Å². The second-order valence-electron chi connectivity index (χ2n) is 3.79. The van der Waals surface area contributed by atoms with Gasteiger partial charge in [-0.1, -0.05) is 13.0 Å². The number of rotatable bonds is 0. The Kier molecular flexibility index (Phi) is 2.21. The number of nitrogens with one attached hydrogen (secondary N) is 1. The minimum Gasteiger partial charge on any atom is -0.384 e. The standard InChI is InChI=1S/C11H14FN/c1-8-5-6-9-10(12)3-2-4-11(9)13-7-8/h2-4,8,13H,5-7H2,1H3. The van der Waals surface area contributed by atoms with Gasteiger partial charge in [0.1, 0.15) is 5.82 Å². The van der Waals surface area contributed by atoms with E-state index in [1.165, 1.54) is 6.07 Å². The summed E-state index contributed by atoms with van der Waals surface area (Å²) in [5.74, 6) is 0.561. The van der Waals surface area contributed by atoms with Gasteiger partial charge in [-0.15, -0.1) is 0 Å². The van der Waals surface area contributed by atoms with Gasteiger partial charge in [0.15, 0.2) is 0 Å². The zero-order valence-corrected chi connectivity index (χ0v) is 7.81. The Bertz CT molecular complexity index is 309. The largest absolute Gasteiger partial charge is 0.384 e. The van der Waals surface area contributed by atoms with Crippen LogP contribution in [0.2, 0.25) is 0 Å². The molecular weight excluding hydrogens is 165 g/mol. The quantitative estimate of drug-likeness (QED) is 0.645. The van der Waals surface area contributed by atoms with Crippen LogP contribution in [0.4, 0.5) is 10.1 Å². The van der Waals surface area contributed by atoms with Crippen LogP contribution in [-0.4, -0.2) is 6.54 Å². The summed E-state index contributed by atoms with van der Waals surface area (Å²) in [6.45, 7) is 3.15. The van der Waals surface area contributed by atoms with Crippen LogP contribution in [0.3, 0.4) is 0 Å². The number of fused-ring (bicyclic) bond motifs is 1. The van der Waals surface area contributed by atoms with Crippen LogP contribution in [0.5, 0.6) is 0 Å². The Labute approximate surface area is 78.0 Å². The normalized spacial score (nSPS) is 21.5. The molecule has 1 unspecified atom stereocenters. The summed E-state index contributed by atoms with van der Waals surface area (Å²) in [6.07, 6.45) is 1.93. The van der Waals surface area contributed by atoms with Crippen molar-refractivity contribution < 1.29 is 4.39 Å². The topological polar surface area (TPSA) is 12.0 Å². The Hall–Kier alpha value is -1.05. The lowest BCUT2D eigenvalue weighted by atomic mass is 10.0. The summed E-state index contributed by atoms with van der Waals surface area (Å²) in [5.41, 5.74) is 1.83. The molecule has 1 atom stereocenters. The van der Waals surface area contributed by atoms with E-state index >= 15 is 0 Å². The Morgan fingerprint density at radius 2 is 2.31 bits per heavy atom. The van der Waals surface area contributed by atoms with E-state index in [0.29, 0.717) is 5.92 Å². The number of benzene rings is 1. The number of hydrogen-bond acceptors (Lipinski definition) is 1. The molecule has 0 amide bonds. The number of halogens is 1. The predicted octanol–water partition coefficient (Wildman–Crippen LogP) is 2.82. The molecule has 2 rings (SSSR count). The Morgan fingerprint density at radius 3 is 3.15 bits per heavy atom. The SMILES string of the molecule is CC1CCc2c(F)cccc2NC1. The van der Waals surface area contributed by atoms with Crippen molar-refractivity contribution in [3.05, 3.63) is 29.6 Å². The van der Waals surface area contributed by atoms with Crippen LogP contribution < -0.4 is 5.32 Å². The van der Waals surface area contributed by atoms with Crippen LogP contribution in [0.1, 0.15) is 18.9 Å². The highest BCUT2D eigenvalue weighted by molar-refractivity contribution is 5.52. The van der Waals surface area contributed by atoms with Crippen LogP contribution >= 0.6 is 0 Å². The van der Waals surface area contributed by atoms with Crippen molar-refractivity contribution in [2.75, 3.05) is 11.9 Å². The van der Waals surface area contributed by atoms with Gasteiger partial charge in [0.05, 0.1) is 0 Å². The zero-order valence-electron chi connectivity index (χ0n) is 7.81. The van der Waals surface area contributed by atoms with Crippen molar-refractivity contribution in [2.24, 2.45) is 5.92 Å². The van der Waals surface area contributed by atoms with Crippen LogP contribution in [0, 0.1) is 11.7 Å². The summed E-state index contributed by atoms with van der Waals surface area (Å²) in [4.78, 5) is 0. The molecule has 2 heteroatoms. The van der Waals surface area contributed by atoms with Gasteiger partial charge >= 0.3 is 0 Å². The van der Waals surface area contributed by atoms with Crippen molar-refractivity contribution in [1.29, 1.82) is 0 Å². The lowest BCUT2D eigenvalue weighted by Crippen LogP contribution is -2.08. The highest BCUT2D eigenvalue weighted by atomic mass is 19.1. The molecule has 0 fully saturated rings. The third kappa shape index (κ3) is 1.67. The van der Waals surface area contributed by atoms with E-state index in [2.05, 4.69) is 12.2 Å². The van der Waals surface area contributed by atoms with E-state index in [4.69, 9.17) is 0 Å². The highest BCUT2D eigenvalue weighted by Gasteiger charge is 2.14. The second kappa shape index (κ2) is 3.36. The summed E-state index contributed by atoms with van der Waals surface area (Å²) < 4.78 is 13.3. The molecule has 1 N–H and O–H groups in total. The van der Waals surface area contributed by atoms with Gasteiger partial charge in [0, 0.05) is 17.8 Å². The van der Waals surface area contributed by atoms with E-state index in [0.717, 1.165) is 30.6 Å². The van der Waals surface area contributed by atoms with E-state index in [1.807, 2.05) is 6.07 Å². The minimum atomic E-state index is -0.0703. The molecule has 1 aliphatic heterocycles. The third-order valence-corrected chi connectivity index (χ3v) is 2.65. The maximum Gasteiger partial charge on any atom is 0.128 e. The fourth-order valence-electron chi connectivity index (χ4n) is 1.76. The van der Waals surface area contributed by atoms with Crippen molar-refractivity contribution in [3.63, 3.8) is 0 Å². The van der Waals surface area contributed by atoms with Crippen molar-refractivity contribution in [3.8, 4) is 0 Å². The van der Waals surface area contributed by atoms with Gasteiger partial charge in [0.25, 0.3) is 0 Å². The molecule has 1 nitrogen and oxygen atoms in total. The van der Waals surface area contributed by atoms with Crippen LogP contribution in [0.25, 0.3) is 0 Å². The van der Waals surface area contributed by atoms with E-state index < -0.39 is 0 Å². The Morgan fingerprint density at radius 1 is 1.46 bits per heavy atom. The first-order valence-electron chi connectivity index (χ1n) is 4.78. The van der Waals surface area contributed by atoms with Crippen molar-refractivity contribution in [1.82, 2.24) is 0 Å². The van der Waals surface area contributed by atoms with Gasteiger partial charge in [0.2, 0.25) is 0 Å². The number of hydrogen-bond donors (Lipinski definition) is 1. The molecule has 1 aliphatic rings. The lowest BCUT2D eigenvalue weighted by molar-refractivity contribution is 0.555. The molecule has 0 aliphatic carbocycles. The first kappa shape index (κ1) is 8.54. The molecule has 0 radical (unpaired) electrons. The van der Waals surface area contributed by atoms with Gasteiger partial charge in [-0.25, -0.2) is 4.39 Å². The smallest absolute Gasteiger partial charge is 0.128 e. The molecule has 0 bridgehead atoms. The zero-order chi connectivity index (χ0) is 9.26. The monoisotopic (exact) mass is 179 g/mol. The maximum absolute atomic E-state index is 13.3. The average Bonchev–Trinajstić information content (AvgIpc) is 2.30. The first-order valence-corrected chi connectivity index (χ1v) is 4.78. The second-order valence-corrected chi connectivity index (χ2v) is 3.79. The summed E-state index contributed by atoms with van der Waals surface area (Å²) in [6, 6.07) is 5.25. The van der Waals surface area contributed by atoms with Gasteiger partial charge in [-0.2, -0.15) is 0 Å². The summed E-state index contributed by atoms with van der Waals surface area (Å²) >= 11 is 0. The fraction of sp³-hybridized carbons (Fsp3) is 0.455. The van der Waals surface area contributed by atoms with Crippen LogP contribution in [0.15, 0.2) is 18.2 Å². The summed E-state index contributed by atoms with van der Waals surface area (Å²) in [7, 11) is 0. The molecule has 0 spiro atoms. The van der Waals surface area contributed by atoms with Crippen molar-refractivity contribution >= 4 is 5.69 Å². The minimum absolute atomic E-state index is 0.0703. The summed E-state index contributed by atoms with van der Waals surface area (Å²) in [5, 5.41) is 3.28. The van der Waals surface area contributed by atoms with Crippen LogP contribution in [-0.2, 0) is 6.42 Å². The average molecular weight is 179 g/mol. The van der Waals surface area contributed by atoms with E-state index in [1.54, 1.807) is 6.07 Å². The fourth-order valence-corrected chi connectivity index (χ4v) is 1.76. The predicted molar refractivity (Wildman–Crippen MR) is 52.4 cm³/mol.